The second-order valence-corrected chi connectivity index (χ2v) is 5.41. The van der Waals surface area contributed by atoms with Crippen molar-refractivity contribution in [1.82, 2.24) is 10.6 Å². The molecule has 1 atom stereocenters. The first-order chi connectivity index (χ1) is 11.1. The number of carbonyl (C=O) groups excluding carboxylic acids is 2. The minimum atomic E-state index is -0.227. The zero-order valence-corrected chi connectivity index (χ0v) is 13.5. The van der Waals surface area contributed by atoms with Gasteiger partial charge in [0.25, 0.3) is 5.91 Å². The molecule has 0 saturated heterocycles. The van der Waals surface area contributed by atoms with Crippen molar-refractivity contribution < 1.29 is 9.59 Å². The van der Waals surface area contributed by atoms with Gasteiger partial charge in [-0.1, -0.05) is 55.5 Å². The maximum absolute atomic E-state index is 12.6. The van der Waals surface area contributed by atoms with Crippen LogP contribution in [-0.2, 0) is 0 Å². The van der Waals surface area contributed by atoms with E-state index in [0.29, 0.717) is 23.2 Å². The van der Waals surface area contributed by atoms with Crippen LogP contribution in [0, 0.1) is 0 Å². The molecule has 2 aromatic rings. The maximum atomic E-state index is 12.6. The van der Waals surface area contributed by atoms with Crippen molar-refractivity contribution in [1.29, 1.82) is 0 Å². The number of carbonyl (C=O) groups is 2. The van der Waals surface area contributed by atoms with Gasteiger partial charge in [-0.25, -0.2) is 0 Å². The third kappa shape index (κ3) is 4.50. The summed E-state index contributed by atoms with van der Waals surface area (Å²) in [7, 11) is 0. The molecule has 0 aliphatic carbocycles. The summed E-state index contributed by atoms with van der Waals surface area (Å²) < 4.78 is 0. The van der Waals surface area contributed by atoms with Crippen molar-refractivity contribution in [3.63, 3.8) is 0 Å². The molecule has 0 heterocycles. The maximum Gasteiger partial charge on any atom is 0.252 e. The Labute approximate surface area is 136 Å². The number of nitrogens with one attached hydrogen (secondary N) is 2. The van der Waals surface area contributed by atoms with Gasteiger partial charge < -0.3 is 10.6 Å². The van der Waals surface area contributed by atoms with Crippen molar-refractivity contribution in [2.75, 3.05) is 13.1 Å². The Kier molecular flexibility index (Phi) is 6.06. The van der Waals surface area contributed by atoms with Gasteiger partial charge in [0.05, 0.1) is 5.56 Å². The molecule has 0 fully saturated rings. The number of amides is 1. The molecule has 0 saturated carbocycles. The van der Waals surface area contributed by atoms with Gasteiger partial charge in [-0.15, -0.1) is 0 Å². The Morgan fingerprint density at radius 3 is 2.22 bits per heavy atom. The number of hydrogen-bond donors (Lipinski definition) is 2. The van der Waals surface area contributed by atoms with Crippen LogP contribution in [0.3, 0.4) is 0 Å². The van der Waals surface area contributed by atoms with Crippen LogP contribution in [0.1, 0.15) is 40.1 Å². The standard InChI is InChI=1S/C19H22N2O2/c1-3-20-14(2)13-21-19(23)17-12-8-7-11-16(17)18(22)15-9-5-4-6-10-15/h4-12,14,20H,3,13H2,1-2H3,(H,21,23)/t14-/m1/s1. The summed E-state index contributed by atoms with van der Waals surface area (Å²) >= 11 is 0. The van der Waals surface area contributed by atoms with E-state index in [-0.39, 0.29) is 17.7 Å². The minimum absolute atomic E-state index is 0.143. The molecule has 2 aromatic carbocycles. The third-order valence-electron chi connectivity index (χ3n) is 3.57. The summed E-state index contributed by atoms with van der Waals surface area (Å²) in [5.41, 5.74) is 1.41. The average Bonchev–Trinajstić information content (AvgIpc) is 2.60. The largest absolute Gasteiger partial charge is 0.350 e. The van der Waals surface area contributed by atoms with Crippen LogP contribution in [0.15, 0.2) is 54.6 Å². The van der Waals surface area contributed by atoms with Crippen LogP contribution in [0.5, 0.6) is 0 Å². The first kappa shape index (κ1) is 16.9. The second kappa shape index (κ2) is 8.25. The summed E-state index contributed by atoms with van der Waals surface area (Å²) in [5.74, 6) is -0.370. The van der Waals surface area contributed by atoms with Gasteiger partial charge in [0, 0.05) is 23.7 Å². The van der Waals surface area contributed by atoms with Gasteiger partial charge >= 0.3 is 0 Å². The van der Waals surface area contributed by atoms with Crippen LogP contribution >= 0.6 is 0 Å². The van der Waals surface area contributed by atoms with Gasteiger partial charge in [0.15, 0.2) is 5.78 Å². The van der Waals surface area contributed by atoms with Crippen molar-refractivity contribution in [2.45, 2.75) is 19.9 Å². The molecular formula is C19H22N2O2. The fourth-order valence-electron chi connectivity index (χ4n) is 2.39. The topological polar surface area (TPSA) is 58.2 Å². The molecule has 120 valence electrons. The summed E-state index contributed by atoms with van der Waals surface area (Å²) in [6.07, 6.45) is 0. The number of hydrogen-bond acceptors (Lipinski definition) is 3. The monoisotopic (exact) mass is 310 g/mol. The highest BCUT2D eigenvalue weighted by Crippen LogP contribution is 2.14. The highest BCUT2D eigenvalue weighted by molar-refractivity contribution is 6.15. The number of ketones is 1. The SMILES string of the molecule is CCN[C@H](C)CNC(=O)c1ccccc1C(=O)c1ccccc1. The van der Waals surface area contributed by atoms with Gasteiger partial charge in [-0.2, -0.15) is 0 Å². The molecule has 0 unspecified atom stereocenters. The van der Waals surface area contributed by atoms with E-state index in [2.05, 4.69) is 10.6 Å². The summed E-state index contributed by atoms with van der Waals surface area (Å²) in [6.45, 7) is 5.39. The lowest BCUT2D eigenvalue weighted by atomic mass is 9.98. The predicted molar refractivity (Wildman–Crippen MR) is 91.8 cm³/mol. The minimum Gasteiger partial charge on any atom is -0.350 e. The highest BCUT2D eigenvalue weighted by Gasteiger charge is 2.17. The Hall–Kier alpha value is -2.46. The zero-order chi connectivity index (χ0) is 16.7. The lowest BCUT2D eigenvalue weighted by Crippen LogP contribution is -2.39. The molecule has 2 rings (SSSR count). The number of likely N-dealkylation sites (N-methyl/N-ethyl adjacent to an activating group) is 1. The van der Waals surface area contributed by atoms with Crippen molar-refractivity contribution in [3.8, 4) is 0 Å². The predicted octanol–water partition coefficient (Wildman–Crippen LogP) is 2.65. The Morgan fingerprint density at radius 2 is 1.57 bits per heavy atom. The molecular weight excluding hydrogens is 288 g/mol. The van der Waals surface area contributed by atoms with Crippen molar-refractivity contribution in [2.24, 2.45) is 0 Å². The lowest BCUT2D eigenvalue weighted by Gasteiger charge is -2.14. The summed E-state index contributed by atoms with van der Waals surface area (Å²) in [4.78, 5) is 25.0. The molecule has 0 aliphatic heterocycles. The van der Waals surface area contributed by atoms with Gasteiger partial charge in [0.2, 0.25) is 0 Å². The van der Waals surface area contributed by atoms with Crippen LogP contribution in [0.4, 0.5) is 0 Å². The molecule has 0 spiro atoms. The quantitative estimate of drug-likeness (QED) is 0.773. The molecule has 0 radical (unpaired) electrons. The molecule has 1 amide bonds. The van der Waals surface area contributed by atoms with Crippen molar-refractivity contribution >= 4 is 11.7 Å². The summed E-state index contributed by atoms with van der Waals surface area (Å²) in [6, 6.07) is 16.1. The van der Waals surface area contributed by atoms with Gasteiger partial charge in [-0.05, 0) is 19.5 Å². The van der Waals surface area contributed by atoms with E-state index in [1.54, 1.807) is 36.4 Å². The first-order valence-corrected chi connectivity index (χ1v) is 7.83. The van der Waals surface area contributed by atoms with E-state index in [1.807, 2.05) is 32.0 Å². The molecule has 0 aliphatic rings. The molecule has 0 bridgehead atoms. The Bertz CT molecular complexity index is 668. The first-order valence-electron chi connectivity index (χ1n) is 7.83. The van der Waals surface area contributed by atoms with E-state index in [9.17, 15) is 9.59 Å². The van der Waals surface area contributed by atoms with Crippen LogP contribution < -0.4 is 10.6 Å². The van der Waals surface area contributed by atoms with E-state index >= 15 is 0 Å². The highest BCUT2D eigenvalue weighted by atomic mass is 16.2. The van der Waals surface area contributed by atoms with E-state index in [4.69, 9.17) is 0 Å². The Balaban J connectivity index is 2.17. The van der Waals surface area contributed by atoms with E-state index in [0.717, 1.165) is 6.54 Å². The molecule has 2 N–H and O–H groups in total. The Morgan fingerprint density at radius 1 is 0.957 bits per heavy atom. The van der Waals surface area contributed by atoms with Gasteiger partial charge in [-0.3, -0.25) is 9.59 Å². The lowest BCUT2D eigenvalue weighted by molar-refractivity contribution is 0.0939. The third-order valence-corrected chi connectivity index (χ3v) is 3.57. The van der Waals surface area contributed by atoms with Crippen LogP contribution in [-0.4, -0.2) is 30.8 Å². The number of benzene rings is 2. The smallest absolute Gasteiger partial charge is 0.252 e. The summed E-state index contributed by atoms with van der Waals surface area (Å²) in [5, 5.41) is 6.11. The van der Waals surface area contributed by atoms with Crippen molar-refractivity contribution in [3.05, 3.63) is 71.3 Å². The van der Waals surface area contributed by atoms with Crippen LogP contribution in [0.25, 0.3) is 0 Å². The van der Waals surface area contributed by atoms with E-state index in [1.165, 1.54) is 0 Å². The fourth-order valence-corrected chi connectivity index (χ4v) is 2.39. The normalized spacial score (nSPS) is 11.7. The average molecular weight is 310 g/mol. The second-order valence-electron chi connectivity index (χ2n) is 5.41. The number of rotatable bonds is 7. The van der Waals surface area contributed by atoms with E-state index < -0.39 is 0 Å². The molecule has 4 nitrogen and oxygen atoms in total. The molecule has 0 aromatic heterocycles. The molecule has 4 heteroatoms. The fraction of sp³-hybridized carbons (Fsp3) is 0.263. The molecule has 23 heavy (non-hydrogen) atoms. The zero-order valence-electron chi connectivity index (χ0n) is 13.5. The van der Waals surface area contributed by atoms with Gasteiger partial charge in [0.1, 0.15) is 0 Å². The van der Waals surface area contributed by atoms with Crippen LogP contribution in [0.2, 0.25) is 0 Å².